The Morgan fingerprint density at radius 2 is 1.93 bits per heavy atom. The summed E-state index contributed by atoms with van der Waals surface area (Å²) in [4.78, 5) is 34.2. The fraction of sp³-hybridized carbons (Fsp3) is 0.414. The summed E-state index contributed by atoms with van der Waals surface area (Å²) >= 11 is 7.16. The van der Waals surface area contributed by atoms with Crippen LogP contribution in [-0.4, -0.2) is 71.8 Å². The molecule has 3 atom stereocenters. The number of methoxy groups -OCH3 is 1. The molecular weight excluding hydrogens is 612 g/mol. The molecule has 230 valence electrons. The molecule has 14 heteroatoms. The minimum atomic E-state index is -4.81. The van der Waals surface area contributed by atoms with Gasteiger partial charge in [-0.05, 0) is 43.7 Å². The molecule has 8 nitrogen and oxygen atoms in total. The number of thioether (sulfide) groups is 1. The summed E-state index contributed by atoms with van der Waals surface area (Å²) in [6.07, 6.45) is -3.59. The molecule has 1 amide bonds. The van der Waals surface area contributed by atoms with Crippen molar-refractivity contribution in [3.05, 3.63) is 63.8 Å². The van der Waals surface area contributed by atoms with E-state index >= 15 is 0 Å². The summed E-state index contributed by atoms with van der Waals surface area (Å²) in [7, 11) is 1.45. The molecule has 1 fully saturated rings. The summed E-state index contributed by atoms with van der Waals surface area (Å²) in [5.74, 6) is -0.721. The number of hydrogen-bond donors (Lipinski definition) is 0. The molecule has 43 heavy (non-hydrogen) atoms. The average molecular weight is 641 g/mol. The second-order valence-corrected chi connectivity index (χ2v) is 12.0. The third-order valence-electron chi connectivity index (χ3n) is 7.60. The zero-order valence-corrected chi connectivity index (χ0v) is 25.2. The van der Waals surface area contributed by atoms with Crippen LogP contribution in [0.25, 0.3) is 22.0 Å². The Morgan fingerprint density at radius 3 is 2.53 bits per heavy atom. The van der Waals surface area contributed by atoms with E-state index in [1.165, 1.54) is 23.8 Å². The zero-order chi connectivity index (χ0) is 31.2. The second-order valence-electron chi connectivity index (χ2n) is 10.5. The summed E-state index contributed by atoms with van der Waals surface area (Å²) < 4.78 is 70.4. The van der Waals surface area contributed by atoms with E-state index in [4.69, 9.17) is 21.1 Å². The topological polar surface area (TPSA) is 76.9 Å². The summed E-state index contributed by atoms with van der Waals surface area (Å²) in [6, 6.07) is 3.18. The Balaban J connectivity index is 1.80. The number of benzene rings is 2. The van der Waals surface area contributed by atoms with E-state index in [9.17, 15) is 27.2 Å². The van der Waals surface area contributed by atoms with Gasteiger partial charge in [-0.2, -0.15) is 18.2 Å². The molecule has 3 aromatic rings. The van der Waals surface area contributed by atoms with Gasteiger partial charge in [0, 0.05) is 53.9 Å². The van der Waals surface area contributed by atoms with E-state index in [1.807, 2.05) is 13.8 Å². The van der Waals surface area contributed by atoms with Crippen molar-refractivity contribution >= 4 is 46.0 Å². The number of rotatable bonds is 7. The lowest BCUT2D eigenvalue weighted by atomic mass is 9.95. The standard InChI is InChI=1S/C29H29ClF4N4O4S/c1-5-23(39)37-15(2)10-36(11-16(37)3)27-19-9-20(29(32,33)34)24(17-6-7-22(31)21(30)8-17)26-25(19)38(28(40)35-27)18(13-43-26)12-42-14-41-4/h5-9,15-16,18H,1,10-14H2,2-4H3/t15-,16+,18-/m0/s1. The minimum Gasteiger partial charge on any atom is -0.359 e. The molecule has 2 aliphatic rings. The molecule has 0 radical (unpaired) electrons. The number of carbonyl (C=O) groups is 1. The molecule has 0 N–H and O–H groups in total. The van der Waals surface area contributed by atoms with Crippen LogP contribution >= 0.6 is 23.4 Å². The van der Waals surface area contributed by atoms with Crippen LogP contribution in [0.5, 0.6) is 0 Å². The van der Waals surface area contributed by atoms with Gasteiger partial charge in [-0.1, -0.05) is 24.2 Å². The highest BCUT2D eigenvalue weighted by molar-refractivity contribution is 7.99. The number of nitrogens with zero attached hydrogens (tertiary/aromatic N) is 4. The molecule has 0 bridgehead atoms. The fourth-order valence-corrected chi connectivity index (χ4v) is 7.42. The third-order valence-corrected chi connectivity index (χ3v) is 9.13. The van der Waals surface area contributed by atoms with Gasteiger partial charge in [-0.3, -0.25) is 9.36 Å². The summed E-state index contributed by atoms with van der Waals surface area (Å²) in [5, 5.41) is -0.196. The van der Waals surface area contributed by atoms with Gasteiger partial charge in [-0.15, -0.1) is 11.8 Å². The highest BCUT2D eigenvalue weighted by atomic mass is 35.5. The van der Waals surface area contributed by atoms with Crippen LogP contribution < -0.4 is 10.6 Å². The lowest BCUT2D eigenvalue weighted by molar-refractivity contribution is -0.137. The highest BCUT2D eigenvalue weighted by Gasteiger charge is 2.40. The van der Waals surface area contributed by atoms with E-state index in [0.717, 1.165) is 30.0 Å². The number of hydrogen-bond acceptors (Lipinski definition) is 7. The molecule has 0 spiro atoms. The second kappa shape index (κ2) is 12.1. The first-order valence-corrected chi connectivity index (χ1v) is 14.8. The number of piperazine rings is 1. The predicted molar refractivity (Wildman–Crippen MR) is 157 cm³/mol. The Hall–Kier alpha value is -3.13. The van der Waals surface area contributed by atoms with Crippen molar-refractivity contribution in [1.29, 1.82) is 0 Å². The van der Waals surface area contributed by atoms with Crippen molar-refractivity contribution in [2.45, 2.75) is 43.0 Å². The number of amides is 1. The van der Waals surface area contributed by atoms with Crippen LogP contribution in [-0.2, 0) is 20.4 Å². The maximum absolute atomic E-state index is 14.8. The van der Waals surface area contributed by atoms with Crippen molar-refractivity contribution < 1.29 is 31.8 Å². The van der Waals surface area contributed by atoms with Crippen molar-refractivity contribution in [1.82, 2.24) is 14.5 Å². The largest absolute Gasteiger partial charge is 0.417 e. The average Bonchev–Trinajstić information content (AvgIpc) is 2.95. The van der Waals surface area contributed by atoms with Gasteiger partial charge in [0.15, 0.2) is 0 Å². The predicted octanol–water partition coefficient (Wildman–Crippen LogP) is 5.75. The molecule has 1 aromatic heterocycles. The number of ether oxygens (including phenoxy) is 2. The lowest BCUT2D eigenvalue weighted by Gasteiger charge is -2.45. The summed E-state index contributed by atoms with van der Waals surface area (Å²) in [5.41, 5.74) is -1.48. The van der Waals surface area contributed by atoms with Gasteiger partial charge in [0.1, 0.15) is 18.4 Å². The maximum Gasteiger partial charge on any atom is 0.417 e. The van der Waals surface area contributed by atoms with Crippen LogP contribution in [0, 0.1) is 5.82 Å². The van der Waals surface area contributed by atoms with E-state index < -0.39 is 29.3 Å². The molecule has 3 heterocycles. The van der Waals surface area contributed by atoms with Gasteiger partial charge < -0.3 is 19.3 Å². The third kappa shape index (κ3) is 5.75. The number of aromatic nitrogens is 2. The molecule has 5 rings (SSSR count). The highest BCUT2D eigenvalue weighted by Crippen LogP contribution is 2.50. The lowest BCUT2D eigenvalue weighted by Crippen LogP contribution is -2.58. The quantitative estimate of drug-likeness (QED) is 0.141. The Labute approximate surface area is 254 Å². The first kappa shape index (κ1) is 31.3. The van der Waals surface area contributed by atoms with Gasteiger partial charge in [0.25, 0.3) is 0 Å². The molecule has 1 saturated heterocycles. The van der Waals surface area contributed by atoms with Crippen molar-refractivity contribution in [3.63, 3.8) is 0 Å². The van der Waals surface area contributed by atoms with Gasteiger partial charge in [-0.25, -0.2) is 9.18 Å². The monoisotopic (exact) mass is 640 g/mol. The van der Waals surface area contributed by atoms with Crippen molar-refractivity contribution in [2.24, 2.45) is 0 Å². The number of alkyl halides is 3. The zero-order valence-electron chi connectivity index (χ0n) is 23.6. The van der Waals surface area contributed by atoms with Crippen molar-refractivity contribution in [3.8, 4) is 11.1 Å². The van der Waals surface area contributed by atoms with Crippen LogP contribution in [0.1, 0.15) is 25.5 Å². The van der Waals surface area contributed by atoms with Crippen molar-refractivity contribution in [2.75, 3.05) is 44.3 Å². The molecular formula is C29H29ClF4N4O4S. The maximum atomic E-state index is 14.8. The van der Waals surface area contributed by atoms with Gasteiger partial charge in [0.2, 0.25) is 5.91 Å². The van der Waals surface area contributed by atoms with E-state index in [1.54, 1.807) is 9.80 Å². The Kier molecular flexibility index (Phi) is 8.81. The molecule has 2 aromatic carbocycles. The molecule has 0 saturated carbocycles. The van der Waals surface area contributed by atoms with Gasteiger partial charge >= 0.3 is 11.9 Å². The van der Waals surface area contributed by atoms with Crippen LogP contribution in [0.4, 0.5) is 23.4 Å². The van der Waals surface area contributed by atoms with E-state index in [0.29, 0.717) is 0 Å². The fourth-order valence-electron chi connectivity index (χ4n) is 5.92. The number of halogens is 5. The molecule has 2 aliphatic heterocycles. The molecule has 0 unspecified atom stereocenters. The number of anilines is 1. The Bertz CT molecular complexity index is 1640. The van der Waals surface area contributed by atoms with Crippen LogP contribution in [0.2, 0.25) is 5.02 Å². The Morgan fingerprint density at radius 1 is 1.23 bits per heavy atom. The van der Waals surface area contributed by atoms with Crippen LogP contribution in [0.15, 0.2) is 46.6 Å². The minimum absolute atomic E-state index is 0.0345. The summed E-state index contributed by atoms with van der Waals surface area (Å²) in [6.45, 7) is 7.69. The SMILES string of the molecule is C=CC(=O)N1[C@H](C)CN(c2nc(=O)n3c4c(c(-c5ccc(F)c(Cl)c5)c(C(F)(F)F)cc24)SC[C@@H]3COCOC)C[C@@H]1C. The smallest absolute Gasteiger partial charge is 0.359 e. The van der Waals surface area contributed by atoms with Crippen LogP contribution in [0.3, 0.4) is 0 Å². The van der Waals surface area contributed by atoms with Gasteiger partial charge in [0.05, 0.1) is 28.8 Å². The number of carbonyl (C=O) groups excluding carboxylic acids is 1. The first-order valence-electron chi connectivity index (χ1n) is 13.4. The first-order chi connectivity index (χ1) is 20.4. The molecule has 0 aliphatic carbocycles. The normalized spacial score (nSPS) is 20.5. The van der Waals surface area contributed by atoms with E-state index in [2.05, 4.69) is 11.6 Å². The van der Waals surface area contributed by atoms with E-state index in [-0.39, 0.29) is 88.0 Å².